The number of hydrazone groups is 1. The highest BCUT2D eigenvalue weighted by Crippen LogP contribution is 2.55. The largest absolute Gasteiger partial charge is 0.507 e. The first-order valence-electron chi connectivity index (χ1n) is 20.3. The lowest BCUT2D eigenvalue weighted by Crippen LogP contribution is -2.52. The van der Waals surface area contributed by atoms with Crippen molar-refractivity contribution < 1.29 is 58.9 Å². The summed E-state index contributed by atoms with van der Waals surface area (Å²) in [6, 6.07) is 0.0288. The van der Waals surface area contributed by atoms with Gasteiger partial charge in [0.25, 0.3) is 11.7 Å². The number of allylic oxidation sites excluding steroid dienone is 2. The van der Waals surface area contributed by atoms with Gasteiger partial charge >= 0.3 is 11.8 Å². The van der Waals surface area contributed by atoms with Crippen molar-refractivity contribution in [2.24, 2.45) is 28.8 Å². The van der Waals surface area contributed by atoms with E-state index in [0.717, 1.165) is 0 Å². The number of amides is 1. The molecule has 0 spiro atoms. The zero-order chi connectivity index (χ0) is 44.5. The number of rotatable bonds is 4. The summed E-state index contributed by atoms with van der Waals surface area (Å²) < 4.78 is 23.6. The predicted molar refractivity (Wildman–Crippen MR) is 225 cm³/mol. The SMILES string of the molecule is COC1/C=C/OC2(C)Oc3c(C)c(O)c4c(O)c(c(/C=N/N5CC(C)NCC5C)c(O)c4c3C2=O)NC(=O)/C(C)=C\C=C\C(C)C(O)C(C)C(O)C(C)C(OC(C)=O)C1C. The van der Waals surface area contributed by atoms with Crippen LogP contribution in [0.5, 0.6) is 23.0 Å². The van der Waals surface area contributed by atoms with Crippen molar-refractivity contribution in [1.29, 1.82) is 0 Å². The van der Waals surface area contributed by atoms with Gasteiger partial charge in [-0.05, 0) is 33.8 Å². The molecule has 1 saturated heterocycles. The molecule has 4 heterocycles. The van der Waals surface area contributed by atoms with E-state index in [1.165, 1.54) is 59.4 Å². The van der Waals surface area contributed by atoms with E-state index in [9.17, 15) is 39.9 Å². The number of carbonyl (C=O) groups is 3. The first kappa shape index (κ1) is 45.9. The molecule has 328 valence electrons. The maximum Gasteiger partial charge on any atom is 0.312 e. The monoisotopic (exact) mass is 836 g/mol. The number of ether oxygens (including phenoxy) is 4. The van der Waals surface area contributed by atoms with Crippen molar-refractivity contribution in [2.75, 3.05) is 25.5 Å². The van der Waals surface area contributed by atoms with Gasteiger partial charge in [0.15, 0.2) is 5.75 Å². The van der Waals surface area contributed by atoms with Crippen LogP contribution in [0.15, 0.2) is 41.2 Å². The van der Waals surface area contributed by atoms with Gasteiger partial charge in [-0.15, -0.1) is 0 Å². The molecule has 16 nitrogen and oxygen atoms in total. The lowest BCUT2D eigenvalue weighted by molar-refractivity contribution is -0.160. The van der Waals surface area contributed by atoms with Crippen LogP contribution in [-0.2, 0) is 23.8 Å². The standard InChI is InChI=1S/C44H60N4O12/c1-20-13-12-14-21(2)43(56)47-34-29(18-46-48-19-22(3)45-17-23(48)4)38(53)31-32(39(34)54)37(52)27(8)41-33(31)42(55)44(10,60-41)58-16-15-30(57-11)24(5)40(59-28(9)49)26(7)36(51)25(6)35(20)50/h12-16,18,20,22-26,30,35-36,40,45,50-54H,17,19H2,1-11H3,(H,47,56)/b13-12+,16-15+,21-14-,46-18+. The van der Waals surface area contributed by atoms with Crippen molar-refractivity contribution >= 4 is 40.3 Å². The number of piperazine rings is 1. The minimum atomic E-state index is -2.05. The Labute approximate surface area is 350 Å². The molecule has 5 bridgehead atoms. The number of carbonyl (C=O) groups excluding carboxylic acids is 3. The molecule has 7 N–H and O–H groups in total. The number of anilines is 1. The van der Waals surface area contributed by atoms with E-state index in [-0.39, 0.29) is 56.6 Å². The van der Waals surface area contributed by atoms with Crippen LogP contribution in [0.1, 0.15) is 83.8 Å². The van der Waals surface area contributed by atoms with Gasteiger partial charge in [-0.2, -0.15) is 5.10 Å². The number of nitrogens with zero attached hydrogens (tertiary/aromatic N) is 2. The number of phenolic OH excluding ortho intramolecular Hbond substituents is 3. The van der Waals surface area contributed by atoms with Gasteiger partial charge < -0.3 is 55.1 Å². The molecule has 1 fully saturated rings. The number of fused-ring (bicyclic) bond motifs is 14. The van der Waals surface area contributed by atoms with Crippen LogP contribution >= 0.6 is 0 Å². The number of ketones is 1. The second-order valence-electron chi connectivity index (χ2n) is 16.6. The lowest BCUT2D eigenvalue weighted by Gasteiger charge is -2.38. The zero-order valence-electron chi connectivity index (χ0n) is 36.1. The average Bonchev–Trinajstić information content (AvgIpc) is 3.47. The highest BCUT2D eigenvalue weighted by molar-refractivity contribution is 6.23. The third-order valence-corrected chi connectivity index (χ3v) is 12.1. The van der Waals surface area contributed by atoms with Gasteiger partial charge in [0, 0.05) is 73.7 Å². The van der Waals surface area contributed by atoms with E-state index in [0.29, 0.717) is 13.1 Å². The van der Waals surface area contributed by atoms with Crippen LogP contribution in [0.2, 0.25) is 0 Å². The van der Waals surface area contributed by atoms with E-state index in [1.54, 1.807) is 44.9 Å². The number of hydrogen-bond donors (Lipinski definition) is 7. The number of aromatic hydroxyl groups is 3. The molecule has 2 aromatic rings. The van der Waals surface area contributed by atoms with Crippen molar-refractivity contribution in [3.63, 3.8) is 0 Å². The highest BCUT2D eigenvalue weighted by Gasteiger charge is 2.50. The maximum absolute atomic E-state index is 14.5. The van der Waals surface area contributed by atoms with E-state index >= 15 is 0 Å². The number of phenols is 3. The number of aliphatic hydroxyl groups is 2. The molecule has 0 saturated carbocycles. The molecule has 6 rings (SSSR count). The molecule has 11 atom stereocenters. The third kappa shape index (κ3) is 8.83. The summed E-state index contributed by atoms with van der Waals surface area (Å²) in [4.78, 5) is 40.6. The van der Waals surface area contributed by atoms with Crippen LogP contribution < -0.4 is 15.4 Å². The number of aliphatic hydroxyl groups excluding tert-OH is 2. The molecular formula is C44H60N4O12. The van der Waals surface area contributed by atoms with Gasteiger partial charge in [0.1, 0.15) is 23.4 Å². The number of methoxy groups -OCH3 is 1. The normalized spacial score (nSPS) is 33.9. The molecule has 60 heavy (non-hydrogen) atoms. The smallest absolute Gasteiger partial charge is 0.312 e. The van der Waals surface area contributed by atoms with Crippen molar-refractivity contribution in [2.45, 2.75) is 112 Å². The average molecular weight is 837 g/mol. The minimum Gasteiger partial charge on any atom is -0.507 e. The molecule has 11 unspecified atom stereocenters. The predicted octanol–water partition coefficient (Wildman–Crippen LogP) is 4.77. The molecule has 2 aromatic carbocycles. The molecule has 16 heteroatoms. The molecular weight excluding hydrogens is 776 g/mol. The van der Waals surface area contributed by atoms with Crippen LogP contribution in [0.25, 0.3) is 10.8 Å². The summed E-state index contributed by atoms with van der Waals surface area (Å²) in [5.41, 5.74) is -0.380. The Morgan fingerprint density at radius 3 is 2.30 bits per heavy atom. The van der Waals surface area contributed by atoms with Crippen LogP contribution in [0, 0.1) is 30.6 Å². The second-order valence-corrected chi connectivity index (χ2v) is 16.6. The fourth-order valence-corrected chi connectivity index (χ4v) is 8.17. The Hall–Kier alpha value is -5.16. The second kappa shape index (κ2) is 18.2. The molecule has 4 aliphatic rings. The number of hydrogen-bond acceptors (Lipinski definition) is 15. The van der Waals surface area contributed by atoms with Gasteiger partial charge in [-0.3, -0.25) is 19.4 Å². The van der Waals surface area contributed by atoms with Gasteiger partial charge in [0.2, 0.25) is 0 Å². The van der Waals surface area contributed by atoms with Crippen LogP contribution in [-0.4, -0.2) is 117 Å². The maximum atomic E-state index is 14.5. The van der Waals surface area contributed by atoms with E-state index in [2.05, 4.69) is 15.7 Å². The fourth-order valence-electron chi connectivity index (χ4n) is 8.17. The quantitative estimate of drug-likeness (QED) is 0.0953. The summed E-state index contributed by atoms with van der Waals surface area (Å²) in [6.45, 7) is 17.6. The Balaban J connectivity index is 1.72. The Bertz CT molecular complexity index is 2120. The van der Waals surface area contributed by atoms with Crippen molar-refractivity contribution in [1.82, 2.24) is 10.3 Å². The van der Waals surface area contributed by atoms with Crippen LogP contribution in [0.4, 0.5) is 5.69 Å². The fraction of sp³-hybridized carbons (Fsp3) is 0.545. The topological polar surface area (TPSA) is 229 Å². The summed E-state index contributed by atoms with van der Waals surface area (Å²) in [6.07, 6.45) is 4.85. The molecule has 0 radical (unpaired) electrons. The number of nitrogens with one attached hydrogen (secondary N) is 2. The van der Waals surface area contributed by atoms with E-state index in [1.807, 2.05) is 13.8 Å². The summed E-state index contributed by atoms with van der Waals surface area (Å²) in [7, 11) is 1.44. The summed E-state index contributed by atoms with van der Waals surface area (Å²) in [5, 5.41) is 70.5. The third-order valence-electron chi connectivity index (χ3n) is 12.1. The lowest BCUT2D eigenvalue weighted by atomic mass is 9.78. The Morgan fingerprint density at radius 2 is 1.65 bits per heavy atom. The van der Waals surface area contributed by atoms with Crippen molar-refractivity contribution in [3.05, 3.63) is 52.8 Å². The molecule has 0 aliphatic carbocycles. The van der Waals surface area contributed by atoms with Gasteiger partial charge in [-0.1, -0.05) is 45.9 Å². The van der Waals surface area contributed by atoms with Gasteiger partial charge in [-0.25, -0.2) is 0 Å². The Kier molecular flexibility index (Phi) is 13.9. The zero-order valence-corrected chi connectivity index (χ0v) is 36.1. The van der Waals surface area contributed by atoms with E-state index < -0.39 is 88.8 Å². The summed E-state index contributed by atoms with van der Waals surface area (Å²) in [5.74, 6) is -8.40. The first-order chi connectivity index (χ1) is 28.1. The van der Waals surface area contributed by atoms with Crippen LogP contribution in [0.3, 0.4) is 0 Å². The molecule has 1 amide bonds. The molecule has 0 aromatic heterocycles. The minimum absolute atomic E-state index is 0.0524. The molecule has 4 aliphatic heterocycles. The number of esters is 1. The Morgan fingerprint density at radius 1 is 0.967 bits per heavy atom. The van der Waals surface area contributed by atoms with E-state index in [4.69, 9.17) is 18.9 Å². The number of Topliss-reactive ketones (excluding diaryl/α,β-unsaturated/α-hetero) is 1. The first-order valence-corrected chi connectivity index (χ1v) is 20.3. The summed E-state index contributed by atoms with van der Waals surface area (Å²) >= 11 is 0. The van der Waals surface area contributed by atoms with Crippen molar-refractivity contribution in [3.8, 4) is 23.0 Å². The highest BCUT2D eigenvalue weighted by atomic mass is 16.7. The van der Waals surface area contributed by atoms with Gasteiger partial charge in [0.05, 0.1) is 65.6 Å². The number of benzene rings is 2.